The Morgan fingerprint density at radius 2 is 2.29 bits per heavy atom. The highest BCUT2D eigenvalue weighted by molar-refractivity contribution is 6.30. The summed E-state index contributed by atoms with van der Waals surface area (Å²) >= 11 is 5.58. The second-order valence-electron chi connectivity index (χ2n) is 3.17. The van der Waals surface area contributed by atoms with Crippen LogP contribution in [-0.4, -0.2) is 20.9 Å². The first-order chi connectivity index (χ1) is 8.18. The summed E-state index contributed by atoms with van der Waals surface area (Å²) in [7, 11) is 0. The fourth-order valence-electron chi connectivity index (χ4n) is 1.22. The number of aromatic nitrogens is 3. The zero-order valence-electron chi connectivity index (χ0n) is 8.58. The van der Waals surface area contributed by atoms with Crippen molar-refractivity contribution in [1.82, 2.24) is 20.3 Å². The summed E-state index contributed by atoms with van der Waals surface area (Å²) < 4.78 is 13.4. The van der Waals surface area contributed by atoms with Crippen molar-refractivity contribution in [2.45, 2.75) is 6.54 Å². The third kappa shape index (κ3) is 2.59. The molecular formula is C10H8ClFN4O. The standard InChI is InChI=1S/C10H8ClFN4O/c11-6-1-2-13-7(8(6)12)5-16-10(17)9-14-3-4-15-9/h1-4H,5H2,(H,14,15)(H,16,17). The average molecular weight is 255 g/mol. The number of pyridine rings is 1. The third-order valence-corrected chi connectivity index (χ3v) is 2.34. The minimum absolute atomic E-state index is 0.0257. The van der Waals surface area contributed by atoms with Gasteiger partial charge in [0.2, 0.25) is 0 Å². The predicted molar refractivity (Wildman–Crippen MR) is 59.0 cm³/mol. The molecule has 0 saturated carbocycles. The molecule has 0 aliphatic rings. The Kier molecular flexibility index (Phi) is 3.34. The number of H-pyrrole nitrogens is 1. The lowest BCUT2D eigenvalue weighted by molar-refractivity contribution is 0.0940. The van der Waals surface area contributed by atoms with Crippen LogP contribution < -0.4 is 5.32 Å². The van der Waals surface area contributed by atoms with E-state index in [0.29, 0.717) is 0 Å². The topological polar surface area (TPSA) is 70.7 Å². The second kappa shape index (κ2) is 4.92. The zero-order valence-corrected chi connectivity index (χ0v) is 9.33. The smallest absolute Gasteiger partial charge is 0.287 e. The summed E-state index contributed by atoms with van der Waals surface area (Å²) in [5.41, 5.74) is 0.0809. The molecule has 0 spiro atoms. The van der Waals surface area contributed by atoms with Gasteiger partial charge in [0, 0.05) is 18.6 Å². The van der Waals surface area contributed by atoms with Crippen molar-refractivity contribution < 1.29 is 9.18 Å². The van der Waals surface area contributed by atoms with Crippen LogP contribution >= 0.6 is 11.6 Å². The van der Waals surface area contributed by atoms with E-state index in [1.165, 1.54) is 24.7 Å². The van der Waals surface area contributed by atoms with Gasteiger partial charge in [-0.1, -0.05) is 11.6 Å². The van der Waals surface area contributed by atoms with Crippen LogP contribution in [0.4, 0.5) is 4.39 Å². The van der Waals surface area contributed by atoms with Gasteiger partial charge in [0.15, 0.2) is 11.6 Å². The number of aromatic amines is 1. The van der Waals surface area contributed by atoms with E-state index in [1.807, 2.05) is 0 Å². The van der Waals surface area contributed by atoms with Gasteiger partial charge in [-0.15, -0.1) is 0 Å². The van der Waals surface area contributed by atoms with E-state index in [9.17, 15) is 9.18 Å². The lowest BCUT2D eigenvalue weighted by Crippen LogP contribution is -2.25. The van der Waals surface area contributed by atoms with Gasteiger partial charge in [0.25, 0.3) is 5.91 Å². The van der Waals surface area contributed by atoms with E-state index in [2.05, 4.69) is 20.3 Å². The molecule has 0 aliphatic heterocycles. The maximum atomic E-state index is 13.4. The van der Waals surface area contributed by atoms with Crippen LogP contribution in [0.3, 0.4) is 0 Å². The molecule has 7 heteroatoms. The van der Waals surface area contributed by atoms with Crippen molar-refractivity contribution in [3.8, 4) is 0 Å². The molecule has 2 rings (SSSR count). The number of hydrogen-bond acceptors (Lipinski definition) is 3. The van der Waals surface area contributed by atoms with Gasteiger partial charge in [0.05, 0.1) is 17.3 Å². The molecular weight excluding hydrogens is 247 g/mol. The number of amides is 1. The molecule has 2 heterocycles. The molecule has 0 unspecified atom stereocenters. The van der Waals surface area contributed by atoms with E-state index in [1.54, 1.807) is 0 Å². The molecule has 17 heavy (non-hydrogen) atoms. The Morgan fingerprint density at radius 1 is 1.47 bits per heavy atom. The largest absolute Gasteiger partial charge is 0.344 e. The van der Waals surface area contributed by atoms with Crippen LogP contribution in [0.15, 0.2) is 24.7 Å². The quantitative estimate of drug-likeness (QED) is 0.873. The number of carbonyl (C=O) groups is 1. The average Bonchev–Trinajstić information content (AvgIpc) is 2.84. The van der Waals surface area contributed by atoms with Gasteiger partial charge in [-0.2, -0.15) is 0 Å². The highest BCUT2D eigenvalue weighted by atomic mass is 35.5. The number of hydrogen-bond donors (Lipinski definition) is 2. The maximum Gasteiger partial charge on any atom is 0.287 e. The van der Waals surface area contributed by atoms with Crippen molar-refractivity contribution in [3.63, 3.8) is 0 Å². The molecule has 5 nitrogen and oxygen atoms in total. The molecule has 0 atom stereocenters. The van der Waals surface area contributed by atoms with Crippen LogP contribution in [0.2, 0.25) is 5.02 Å². The molecule has 0 fully saturated rings. The molecule has 88 valence electrons. The van der Waals surface area contributed by atoms with Gasteiger partial charge in [-0.3, -0.25) is 9.78 Å². The van der Waals surface area contributed by atoms with Crippen LogP contribution in [-0.2, 0) is 6.54 Å². The molecule has 0 aliphatic carbocycles. The van der Waals surface area contributed by atoms with Gasteiger partial charge in [0.1, 0.15) is 0 Å². The normalized spacial score (nSPS) is 10.2. The Labute approximate surface area is 101 Å². The molecule has 0 aromatic carbocycles. The van der Waals surface area contributed by atoms with Gasteiger partial charge < -0.3 is 10.3 Å². The fourth-order valence-corrected chi connectivity index (χ4v) is 1.39. The number of imidazole rings is 1. The fraction of sp³-hybridized carbons (Fsp3) is 0.100. The summed E-state index contributed by atoms with van der Waals surface area (Å²) in [6.07, 6.45) is 4.35. The lowest BCUT2D eigenvalue weighted by atomic mass is 10.3. The van der Waals surface area contributed by atoms with Crippen LogP contribution in [0.1, 0.15) is 16.3 Å². The van der Waals surface area contributed by atoms with Crippen molar-refractivity contribution in [2.75, 3.05) is 0 Å². The van der Waals surface area contributed by atoms with Crippen molar-refractivity contribution in [2.24, 2.45) is 0 Å². The van der Waals surface area contributed by atoms with E-state index in [4.69, 9.17) is 11.6 Å². The van der Waals surface area contributed by atoms with Crippen molar-refractivity contribution >= 4 is 17.5 Å². The minimum Gasteiger partial charge on any atom is -0.344 e. The SMILES string of the molecule is O=C(NCc1nccc(Cl)c1F)c1ncc[nH]1. The number of nitrogens with zero attached hydrogens (tertiary/aromatic N) is 2. The Balaban J connectivity index is 2.03. The molecule has 2 N–H and O–H groups in total. The predicted octanol–water partition coefficient (Wildman–Crippen LogP) is 1.53. The highest BCUT2D eigenvalue weighted by Crippen LogP contribution is 2.15. The number of carbonyl (C=O) groups excluding carboxylic acids is 1. The van der Waals surface area contributed by atoms with Crippen LogP contribution in [0.5, 0.6) is 0 Å². The van der Waals surface area contributed by atoms with Gasteiger partial charge >= 0.3 is 0 Å². The van der Waals surface area contributed by atoms with Crippen LogP contribution in [0.25, 0.3) is 0 Å². The summed E-state index contributed by atoms with van der Waals surface area (Å²) in [4.78, 5) is 21.7. The molecule has 2 aromatic heterocycles. The van der Waals surface area contributed by atoms with E-state index in [0.717, 1.165) is 0 Å². The summed E-state index contributed by atoms with van der Waals surface area (Å²) in [6, 6.07) is 1.34. The molecule has 0 saturated heterocycles. The number of rotatable bonds is 3. The lowest BCUT2D eigenvalue weighted by Gasteiger charge is -2.04. The first-order valence-electron chi connectivity index (χ1n) is 4.75. The first kappa shape index (κ1) is 11.5. The van der Waals surface area contributed by atoms with Crippen molar-refractivity contribution in [3.05, 3.63) is 47.0 Å². The summed E-state index contributed by atoms with van der Waals surface area (Å²) in [6.45, 7) is -0.0497. The molecule has 2 aromatic rings. The Morgan fingerprint density at radius 3 is 3.00 bits per heavy atom. The van der Waals surface area contributed by atoms with E-state index >= 15 is 0 Å². The van der Waals surface area contributed by atoms with Crippen LogP contribution in [0, 0.1) is 5.82 Å². The van der Waals surface area contributed by atoms with E-state index in [-0.39, 0.29) is 23.1 Å². The first-order valence-corrected chi connectivity index (χ1v) is 5.12. The molecule has 1 amide bonds. The monoisotopic (exact) mass is 254 g/mol. The molecule has 0 bridgehead atoms. The third-order valence-electron chi connectivity index (χ3n) is 2.04. The Hall–Kier alpha value is -1.95. The van der Waals surface area contributed by atoms with E-state index < -0.39 is 11.7 Å². The van der Waals surface area contributed by atoms with Crippen molar-refractivity contribution in [1.29, 1.82) is 0 Å². The van der Waals surface area contributed by atoms with Gasteiger partial charge in [-0.05, 0) is 6.07 Å². The summed E-state index contributed by atoms with van der Waals surface area (Å²) in [5, 5.41) is 2.45. The second-order valence-corrected chi connectivity index (χ2v) is 3.58. The number of nitrogens with one attached hydrogen (secondary N) is 2. The highest BCUT2D eigenvalue weighted by Gasteiger charge is 2.11. The maximum absolute atomic E-state index is 13.4. The summed E-state index contributed by atoms with van der Waals surface area (Å²) in [5.74, 6) is -0.905. The number of halogens is 2. The zero-order chi connectivity index (χ0) is 12.3. The molecule has 0 radical (unpaired) electrons. The minimum atomic E-state index is -0.631. The van der Waals surface area contributed by atoms with Gasteiger partial charge in [-0.25, -0.2) is 9.37 Å². The Bertz CT molecular complexity index is 529.